The maximum absolute atomic E-state index is 5.78. The van der Waals surface area contributed by atoms with Crippen molar-refractivity contribution in [2.45, 2.75) is 13.1 Å². The van der Waals surface area contributed by atoms with Gasteiger partial charge in [-0.2, -0.15) is 0 Å². The number of nitrogens with two attached hydrogens (primary N) is 1. The van der Waals surface area contributed by atoms with E-state index in [1.165, 1.54) is 0 Å². The number of hydrogen-bond donors (Lipinski definition) is 1. The highest BCUT2D eigenvalue weighted by molar-refractivity contribution is 5.86. The number of fused-ring (bicyclic) bond motifs is 2. The van der Waals surface area contributed by atoms with Crippen LogP contribution in [0.15, 0.2) is 12.1 Å². The molecule has 0 amide bonds. The van der Waals surface area contributed by atoms with Crippen LogP contribution in [-0.2, 0) is 13.1 Å². The summed E-state index contributed by atoms with van der Waals surface area (Å²) in [7, 11) is 4.10. The van der Waals surface area contributed by atoms with Gasteiger partial charge in [0.2, 0.25) is 6.79 Å². The lowest BCUT2D eigenvalue weighted by Crippen LogP contribution is -2.20. The van der Waals surface area contributed by atoms with E-state index in [4.69, 9.17) is 15.2 Å². The quantitative estimate of drug-likeness (QED) is 0.891. The largest absolute Gasteiger partial charge is 0.454 e. The molecule has 1 aromatic heterocycles. The van der Waals surface area contributed by atoms with E-state index < -0.39 is 0 Å². The molecule has 1 aliphatic rings. The van der Waals surface area contributed by atoms with Gasteiger partial charge in [0, 0.05) is 25.2 Å². The molecule has 0 saturated heterocycles. The van der Waals surface area contributed by atoms with E-state index >= 15 is 0 Å². The molecule has 0 fully saturated rings. The molecule has 1 aliphatic heterocycles. The number of likely N-dealkylation sites (N-methyl/N-ethyl adjacent to an activating group) is 1. The van der Waals surface area contributed by atoms with Crippen molar-refractivity contribution >= 4 is 48.3 Å². The van der Waals surface area contributed by atoms with Gasteiger partial charge in [-0.25, -0.2) is 4.98 Å². The average molecular weight is 372 g/mol. The first kappa shape index (κ1) is 21.1. The molecule has 2 aromatic rings. The number of ether oxygens (including phenoxy) is 2. The molecule has 0 unspecified atom stereocenters. The molecule has 9 heteroatoms. The third-order valence-corrected chi connectivity index (χ3v) is 3.28. The van der Waals surface area contributed by atoms with Gasteiger partial charge < -0.3 is 24.7 Å². The molecule has 0 radical (unpaired) electrons. The fourth-order valence-electron chi connectivity index (χ4n) is 2.27. The zero-order chi connectivity index (χ0) is 13.4. The van der Waals surface area contributed by atoms with Gasteiger partial charge in [0.1, 0.15) is 5.82 Å². The van der Waals surface area contributed by atoms with E-state index in [9.17, 15) is 0 Å². The third-order valence-electron chi connectivity index (χ3n) is 3.28. The highest BCUT2D eigenvalue weighted by Crippen LogP contribution is 2.36. The van der Waals surface area contributed by atoms with E-state index in [1.54, 1.807) is 0 Å². The number of hydrogen-bond acceptors (Lipinski definition) is 5. The number of rotatable bonds is 4. The van der Waals surface area contributed by atoms with E-state index in [-0.39, 0.29) is 44.0 Å². The summed E-state index contributed by atoms with van der Waals surface area (Å²) in [4.78, 5) is 6.71. The second kappa shape index (κ2) is 8.64. The molecule has 0 atom stereocenters. The van der Waals surface area contributed by atoms with Gasteiger partial charge in [-0.05, 0) is 14.1 Å². The van der Waals surface area contributed by atoms with Crippen molar-refractivity contribution in [1.29, 1.82) is 0 Å². The van der Waals surface area contributed by atoms with Crippen LogP contribution in [0.1, 0.15) is 5.82 Å². The first-order chi connectivity index (χ1) is 9.19. The Kier molecular flexibility index (Phi) is 8.28. The van der Waals surface area contributed by atoms with Crippen LogP contribution in [0, 0.1) is 0 Å². The summed E-state index contributed by atoms with van der Waals surface area (Å²) in [5, 5.41) is 0. The monoisotopic (exact) mass is 370 g/mol. The molecule has 0 saturated carbocycles. The summed E-state index contributed by atoms with van der Waals surface area (Å²) >= 11 is 0. The normalized spacial score (nSPS) is 11.8. The standard InChI is InChI=1S/C13H18N4O2.3ClH/c1-16(2)3-4-17-10-6-12-11(18-8-19-12)5-9(10)15-13(17)7-14;;;/h5-6H,3-4,7-8,14H2,1-2H3;3*1H. The molecular formula is C13H21Cl3N4O2. The molecule has 0 bridgehead atoms. The third kappa shape index (κ3) is 3.88. The number of imidazole rings is 1. The molecule has 2 N–H and O–H groups in total. The molecule has 126 valence electrons. The summed E-state index contributed by atoms with van der Waals surface area (Å²) in [6, 6.07) is 3.91. The van der Waals surface area contributed by atoms with Crippen molar-refractivity contribution in [3.63, 3.8) is 0 Å². The zero-order valence-corrected chi connectivity index (χ0v) is 14.9. The van der Waals surface area contributed by atoms with Crippen LogP contribution in [0.2, 0.25) is 0 Å². The topological polar surface area (TPSA) is 65.5 Å². The SMILES string of the molecule is CN(C)CCn1c(CN)nc2cc3c(cc21)OCO3.Cl.Cl.Cl. The van der Waals surface area contributed by atoms with E-state index in [1.807, 2.05) is 12.1 Å². The van der Waals surface area contributed by atoms with Gasteiger partial charge in [0.05, 0.1) is 17.6 Å². The number of halogens is 3. The Bertz CT molecular complexity index is 619. The molecular weight excluding hydrogens is 351 g/mol. The Balaban J connectivity index is 0.00000147. The van der Waals surface area contributed by atoms with E-state index in [0.29, 0.717) is 6.54 Å². The maximum Gasteiger partial charge on any atom is 0.231 e. The summed E-state index contributed by atoms with van der Waals surface area (Å²) in [6.07, 6.45) is 0. The lowest BCUT2D eigenvalue weighted by molar-refractivity contribution is 0.174. The Labute approximate surface area is 148 Å². The van der Waals surface area contributed by atoms with Crippen molar-refractivity contribution in [1.82, 2.24) is 14.5 Å². The average Bonchev–Trinajstić information content (AvgIpc) is 2.96. The van der Waals surface area contributed by atoms with Crippen molar-refractivity contribution in [3.05, 3.63) is 18.0 Å². The molecule has 0 aliphatic carbocycles. The lowest BCUT2D eigenvalue weighted by atomic mass is 10.2. The molecule has 3 rings (SSSR count). The van der Waals surface area contributed by atoms with Gasteiger partial charge in [-0.1, -0.05) is 0 Å². The summed E-state index contributed by atoms with van der Waals surface area (Å²) < 4.78 is 13.0. The van der Waals surface area contributed by atoms with Crippen molar-refractivity contribution in [2.75, 3.05) is 27.4 Å². The molecule has 2 heterocycles. The van der Waals surface area contributed by atoms with Gasteiger partial charge in [-0.3, -0.25) is 0 Å². The van der Waals surface area contributed by atoms with Crippen molar-refractivity contribution < 1.29 is 9.47 Å². The van der Waals surface area contributed by atoms with Crippen LogP contribution in [0.5, 0.6) is 11.5 Å². The predicted octanol–water partition coefficient (Wildman–Crippen LogP) is 2.05. The zero-order valence-electron chi connectivity index (χ0n) is 12.4. The first-order valence-electron chi connectivity index (χ1n) is 6.32. The van der Waals surface area contributed by atoms with Crippen LogP contribution in [0.4, 0.5) is 0 Å². The lowest BCUT2D eigenvalue weighted by Gasteiger charge is -2.12. The predicted molar refractivity (Wildman–Crippen MR) is 94.0 cm³/mol. The molecule has 0 spiro atoms. The second-order valence-corrected chi connectivity index (χ2v) is 4.88. The Morgan fingerprint density at radius 2 is 1.82 bits per heavy atom. The fraction of sp³-hybridized carbons (Fsp3) is 0.462. The Hall–Kier alpha value is -0.920. The maximum atomic E-state index is 5.78. The Morgan fingerprint density at radius 1 is 1.18 bits per heavy atom. The minimum atomic E-state index is 0. The van der Waals surface area contributed by atoms with Crippen LogP contribution in [0.3, 0.4) is 0 Å². The number of nitrogens with zero attached hydrogens (tertiary/aromatic N) is 3. The second-order valence-electron chi connectivity index (χ2n) is 4.88. The van der Waals surface area contributed by atoms with E-state index in [2.05, 4.69) is 28.5 Å². The molecule has 1 aromatic carbocycles. The minimum Gasteiger partial charge on any atom is -0.454 e. The Morgan fingerprint density at radius 3 is 2.41 bits per heavy atom. The van der Waals surface area contributed by atoms with Gasteiger partial charge in [0.15, 0.2) is 11.5 Å². The van der Waals surface area contributed by atoms with Crippen LogP contribution in [-0.4, -0.2) is 41.9 Å². The smallest absolute Gasteiger partial charge is 0.231 e. The molecule has 22 heavy (non-hydrogen) atoms. The van der Waals surface area contributed by atoms with Gasteiger partial charge in [-0.15, -0.1) is 37.2 Å². The van der Waals surface area contributed by atoms with Crippen molar-refractivity contribution in [2.24, 2.45) is 5.73 Å². The highest BCUT2D eigenvalue weighted by Gasteiger charge is 2.18. The summed E-state index contributed by atoms with van der Waals surface area (Å²) in [5.41, 5.74) is 7.74. The number of benzene rings is 1. The van der Waals surface area contributed by atoms with Gasteiger partial charge >= 0.3 is 0 Å². The number of aromatic nitrogens is 2. The summed E-state index contributed by atoms with van der Waals surface area (Å²) in [6.45, 7) is 2.50. The van der Waals surface area contributed by atoms with E-state index in [0.717, 1.165) is 41.4 Å². The van der Waals surface area contributed by atoms with Crippen LogP contribution >= 0.6 is 37.2 Å². The van der Waals surface area contributed by atoms with Crippen LogP contribution in [0.25, 0.3) is 11.0 Å². The van der Waals surface area contributed by atoms with Gasteiger partial charge in [0.25, 0.3) is 0 Å². The highest BCUT2D eigenvalue weighted by atomic mass is 35.5. The fourth-order valence-corrected chi connectivity index (χ4v) is 2.27. The minimum absolute atomic E-state index is 0. The molecule has 6 nitrogen and oxygen atoms in total. The summed E-state index contributed by atoms with van der Waals surface area (Å²) in [5.74, 6) is 2.43. The van der Waals surface area contributed by atoms with Crippen molar-refractivity contribution in [3.8, 4) is 11.5 Å². The van der Waals surface area contributed by atoms with Crippen LogP contribution < -0.4 is 15.2 Å². The first-order valence-corrected chi connectivity index (χ1v) is 6.32.